The van der Waals surface area contributed by atoms with E-state index >= 15 is 0 Å². The fraction of sp³-hybridized carbons (Fsp3) is 0.500. The first-order valence-electron chi connectivity index (χ1n) is 6.41. The Bertz CT molecular complexity index is 520. The number of rotatable bonds is 2. The van der Waals surface area contributed by atoms with E-state index in [4.69, 9.17) is 9.47 Å². The summed E-state index contributed by atoms with van der Waals surface area (Å²) in [5.41, 5.74) is -0.315. The number of carbonyl (C=O) groups is 1. The van der Waals surface area contributed by atoms with E-state index in [0.29, 0.717) is 24.2 Å². The van der Waals surface area contributed by atoms with E-state index < -0.39 is 17.2 Å². The minimum atomic E-state index is -1.13. The Kier molecular flexibility index (Phi) is 2.93. The van der Waals surface area contributed by atoms with Gasteiger partial charge in [-0.3, -0.25) is 4.79 Å². The van der Waals surface area contributed by atoms with Gasteiger partial charge in [-0.15, -0.1) is 0 Å². The second-order valence-corrected chi connectivity index (χ2v) is 5.10. The number of halogens is 1. The van der Waals surface area contributed by atoms with Crippen LogP contribution in [0.1, 0.15) is 36.8 Å². The first-order chi connectivity index (χ1) is 9.15. The molecule has 0 spiro atoms. The van der Waals surface area contributed by atoms with Crippen molar-refractivity contribution in [3.63, 3.8) is 0 Å². The molecule has 102 valence electrons. The molecule has 1 aliphatic carbocycles. The molecule has 0 unspecified atom stereocenters. The van der Waals surface area contributed by atoms with Gasteiger partial charge in [0.1, 0.15) is 11.6 Å². The minimum absolute atomic E-state index is 0.123. The van der Waals surface area contributed by atoms with E-state index in [9.17, 15) is 14.3 Å². The number of carboxylic acid groups (broad SMARTS) is 1. The van der Waals surface area contributed by atoms with Crippen LogP contribution in [0, 0.1) is 5.82 Å². The van der Waals surface area contributed by atoms with Crippen molar-refractivity contribution < 1.29 is 23.8 Å². The molecule has 1 fully saturated rings. The average molecular weight is 266 g/mol. The molecule has 1 N–H and O–H groups in total. The molecule has 1 aliphatic heterocycles. The zero-order valence-electron chi connectivity index (χ0n) is 10.4. The molecule has 1 heterocycles. The second-order valence-electron chi connectivity index (χ2n) is 5.10. The lowest BCUT2D eigenvalue weighted by Crippen LogP contribution is -2.35. The topological polar surface area (TPSA) is 55.8 Å². The third kappa shape index (κ3) is 1.80. The molecule has 1 aromatic carbocycles. The number of benzene rings is 1. The quantitative estimate of drug-likeness (QED) is 0.894. The van der Waals surface area contributed by atoms with Crippen molar-refractivity contribution >= 4 is 5.97 Å². The second kappa shape index (κ2) is 4.49. The number of hydrogen-bond donors (Lipinski definition) is 1. The molecule has 0 saturated heterocycles. The van der Waals surface area contributed by atoms with Gasteiger partial charge in [0.15, 0.2) is 6.79 Å². The summed E-state index contributed by atoms with van der Waals surface area (Å²) in [6, 6.07) is 2.84. The summed E-state index contributed by atoms with van der Waals surface area (Å²) in [5.74, 6) is -0.893. The van der Waals surface area contributed by atoms with Gasteiger partial charge in [-0.2, -0.15) is 0 Å². The normalized spacial score (nSPS) is 20.7. The predicted octanol–water partition coefficient (Wildman–Crippen LogP) is 2.59. The Morgan fingerprint density at radius 3 is 2.74 bits per heavy atom. The molecular formula is C14H15FO4. The highest BCUT2D eigenvalue weighted by Gasteiger charge is 2.47. The SMILES string of the molecule is O=C(O)C1(c2c(F)ccc3c2COCO3)CCCC1. The first kappa shape index (κ1) is 12.4. The van der Waals surface area contributed by atoms with Crippen molar-refractivity contribution in [2.24, 2.45) is 0 Å². The summed E-state index contributed by atoms with van der Waals surface area (Å²) in [4.78, 5) is 11.7. The van der Waals surface area contributed by atoms with Crippen LogP contribution in [0.25, 0.3) is 0 Å². The highest BCUT2D eigenvalue weighted by atomic mass is 19.1. The van der Waals surface area contributed by atoms with Crippen LogP contribution in [0.3, 0.4) is 0 Å². The van der Waals surface area contributed by atoms with Gasteiger partial charge in [0.05, 0.1) is 12.0 Å². The van der Waals surface area contributed by atoms with Crippen molar-refractivity contribution in [2.45, 2.75) is 37.7 Å². The van der Waals surface area contributed by atoms with Crippen LogP contribution < -0.4 is 4.74 Å². The maximum atomic E-state index is 14.3. The fourth-order valence-electron chi connectivity index (χ4n) is 3.19. The highest BCUT2D eigenvalue weighted by molar-refractivity contribution is 5.83. The standard InChI is InChI=1S/C14H15FO4/c15-10-3-4-11-9(7-18-8-19-11)12(10)14(13(16)17)5-1-2-6-14/h3-4H,1-2,5-8H2,(H,16,17). The lowest BCUT2D eigenvalue weighted by molar-refractivity contribution is -0.143. The maximum Gasteiger partial charge on any atom is 0.314 e. The summed E-state index contributed by atoms with van der Waals surface area (Å²) >= 11 is 0. The first-order valence-corrected chi connectivity index (χ1v) is 6.41. The largest absolute Gasteiger partial charge is 0.481 e. The zero-order valence-corrected chi connectivity index (χ0v) is 10.4. The molecule has 1 saturated carbocycles. The minimum Gasteiger partial charge on any atom is -0.481 e. The molecule has 0 atom stereocenters. The molecular weight excluding hydrogens is 251 g/mol. The third-order valence-corrected chi connectivity index (χ3v) is 4.11. The average Bonchev–Trinajstić information content (AvgIpc) is 2.89. The highest BCUT2D eigenvalue weighted by Crippen LogP contribution is 2.46. The summed E-state index contributed by atoms with van der Waals surface area (Å²) in [6.45, 7) is 0.329. The molecule has 0 aromatic heterocycles. The van der Waals surface area contributed by atoms with Crippen molar-refractivity contribution in [1.82, 2.24) is 0 Å². The van der Waals surface area contributed by atoms with E-state index in [1.807, 2.05) is 0 Å². The molecule has 3 rings (SSSR count). The van der Waals surface area contributed by atoms with Crippen LogP contribution in [0.5, 0.6) is 5.75 Å². The van der Waals surface area contributed by atoms with E-state index in [1.54, 1.807) is 6.07 Å². The number of carboxylic acids is 1. The summed E-state index contributed by atoms with van der Waals surface area (Å²) in [5, 5.41) is 9.59. The Labute approximate surface area is 110 Å². The maximum absolute atomic E-state index is 14.3. The van der Waals surface area contributed by atoms with Crippen LogP contribution in [0.2, 0.25) is 0 Å². The van der Waals surface area contributed by atoms with Crippen LogP contribution in [0.15, 0.2) is 12.1 Å². The van der Waals surface area contributed by atoms with Crippen molar-refractivity contribution in [3.8, 4) is 5.75 Å². The summed E-state index contributed by atoms with van der Waals surface area (Å²) < 4.78 is 24.8. The van der Waals surface area contributed by atoms with E-state index in [2.05, 4.69) is 0 Å². The van der Waals surface area contributed by atoms with Gasteiger partial charge in [-0.25, -0.2) is 4.39 Å². The Morgan fingerprint density at radius 1 is 1.32 bits per heavy atom. The number of fused-ring (bicyclic) bond motifs is 1. The third-order valence-electron chi connectivity index (χ3n) is 4.11. The molecule has 1 aromatic rings. The van der Waals surface area contributed by atoms with Gasteiger partial charge in [0.25, 0.3) is 0 Å². The summed E-state index contributed by atoms with van der Waals surface area (Å²) in [6.07, 6.45) is 2.54. The zero-order chi connectivity index (χ0) is 13.5. The van der Waals surface area contributed by atoms with Gasteiger partial charge in [-0.05, 0) is 25.0 Å². The Balaban J connectivity index is 2.20. The fourth-order valence-corrected chi connectivity index (χ4v) is 3.19. The van der Waals surface area contributed by atoms with Crippen molar-refractivity contribution in [1.29, 1.82) is 0 Å². The van der Waals surface area contributed by atoms with Gasteiger partial charge in [-0.1, -0.05) is 12.8 Å². The van der Waals surface area contributed by atoms with Crippen molar-refractivity contribution in [3.05, 3.63) is 29.1 Å². The lowest BCUT2D eigenvalue weighted by atomic mass is 9.76. The van der Waals surface area contributed by atoms with Crippen LogP contribution in [-0.4, -0.2) is 17.9 Å². The van der Waals surface area contributed by atoms with Gasteiger partial charge in [0.2, 0.25) is 0 Å². The van der Waals surface area contributed by atoms with Crippen LogP contribution in [-0.2, 0) is 21.6 Å². The Morgan fingerprint density at radius 2 is 2.05 bits per heavy atom. The lowest BCUT2D eigenvalue weighted by Gasteiger charge is -2.30. The predicted molar refractivity (Wildman–Crippen MR) is 64.5 cm³/mol. The Hall–Kier alpha value is -1.62. The number of ether oxygens (including phenoxy) is 2. The van der Waals surface area contributed by atoms with E-state index in [-0.39, 0.29) is 19.0 Å². The van der Waals surface area contributed by atoms with Gasteiger partial charge in [0, 0.05) is 11.1 Å². The van der Waals surface area contributed by atoms with Crippen LogP contribution in [0.4, 0.5) is 4.39 Å². The van der Waals surface area contributed by atoms with E-state index in [1.165, 1.54) is 6.07 Å². The monoisotopic (exact) mass is 266 g/mol. The molecule has 0 radical (unpaired) electrons. The molecule has 0 bridgehead atoms. The molecule has 4 nitrogen and oxygen atoms in total. The summed E-state index contributed by atoms with van der Waals surface area (Å²) in [7, 11) is 0. The van der Waals surface area contributed by atoms with Crippen LogP contribution >= 0.6 is 0 Å². The smallest absolute Gasteiger partial charge is 0.314 e. The number of hydrogen-bond acceptors (Lipinski definition) is 3. The molecule has 5 heteroatoms. The van der Waals surface area contributed by atoms with E-state index in [0.717, 1.165) is 12.8 Å². The van der Waals surface area contributed by atoms with Gasteiger partial charge >= 0.3 is 5.97 Å². The van der Waals surface area contributed by atoms with Gasteiger partial charge < -0.3 is 14.6 Å². The molecule has 19 heavy (non-hydrogen) atoms. The molecule has 2 aliphatic rings. The van der Waals surface area contributed by atoms with Crippen molar-refractivity contribution in [2.75, 3.05) is 6.79 Å². The number of aliphatic carboxylic acids is 1. The molecule has 0 amide bonds.